The quantitative estimate of drug-likeness (QED) is 0.611. The van der Waals surface area contributed by atoms with Crippen LogP contribution in [0.5, 0.6) is 5.75 Å². The van der Waals surface area contributed by atoms with E-state index in [4.69, 9.17) is 9.47 Å². The van der Waals surface area contributed by atoms with Crippen molar-refractivity contribution in [1.82, 2.24) is 5.32 Å². The van der Waals surface area contributed by atoms with Gasteiger partial charge in [0.1, 0.15) is 5.75 Å². The molecule has 0 atom stereocenters. The van der Waals surface area contributed by atoms with E-state index in [1.807, 2.05) is 72.8 Å². The molecule has 0 aromatic heterocycles. The van der Waals surface area contributed by atoms with Crippen molar-refractivity contribution in [2.75, 3.05) is 13.2 Å². The number of esters is 1. The second-order valence-electron chi connectivity index (χ2n) is 6.10. The second kappa shape index (κ2) is 9.92. The molecule has 5 nitrogen and oxygen atoms in total. The topological polar surface area (TPSA) is 64.6 Å². The van der Waals surface area contributed by atoms with Crippen LogP contribution in [0.2, 0.25) is 0 Å². The number of hydrogen-bond acceptors (Lipinski definition) is 4. The van der Waals surface area contributed by atoms with Gasteiger partial charge in [-0.2, -0.15) is 0 Å². The maximum absolute atomic E-state index is 11.8. The molecule has 0 saturated carbocycles. The lowest BCUT2D eigenvalue weighted by Gasteiger charge is -2.09. The van der Waals surface area contributed by atoms with Gasteiger partial charge < -0.3 is 14.8 Å². The molecule has 0 unspecified atom stereocenters. The van der Waals surface area contributed by atoms with Crippen molar-refractivity contribution in [2.45, 2.75) is 6.54 Å². The second-order valence-corrected chi connectivity index (χ2v) is 6.10. The van der Waals surface area contributed by atoms with Crippen LogP contribution >= 0.6 is 0 Å². The molecule has 3 aromatic carbocycles. The van der Waals surface area contributed by atoms with Crippen LogP contribution in [0.25, 0.3) is 11.1 Å². The molecular weight excluding hydrogens is 354 g/mol. The van der Waals surface area contributed by atoms with Crippen molar-refractivity contribution in [1.29, 1.82) is 0 Å². The number of carbonyl (C=O) groups is 2. The van der Waals surface area contributed by atoms with Gasteiger partial charge in [0.2, 0.25) is 0 Å². The highest BCUT2D eigenvalue weighted by Crippen LogP contribution is 2.21. The summed E-state index contributed by atoms with van der Waals surface area (Å²) in [6.07, 6.45) is 0. The molecule has 5 heteroatoms. The molecular formula is C23H21NO4. The van der Waals surface area contributed by atoms with E-state index >= 15 is 0 Å². The Morgan fingerprint density at radius 3 is 2.00 bits per heavy atom. The molecule has 1 N–H and O–H groups in total. The largest absolute Gasteiger partial charge is 0.482 e. The van der Waals surface area contributed by atoms with E-state index < -0.39 is 5.97 Å². The first-order chi connectivity index (χ1) is 13.7. The number of rotatable bonds is 8. The highest BCUT2D eigenvalue weighted by molar-refractivity contribution is 5.80. The molecule has 0 heterocycles. The van der Waals surface area contributed by atoms with Gasteiger partial charge in [0, 0.05) is 6.54 Å². The Labute approximate surface area is 163 Å². The fourth-order valence-electron chi connectivity index (χ4n) is 2.55. The van der Waals surface area contributed by atoms with Crippen molar-refractivity contribution < 1.29 is 19.1 Å². The molecule has 1 amide bonds. The Morgan fingerprint density at radius 1 is 0.714 bits per heavy atom. The molecule has 3 rings (SSSR count). The van der Waals surface area contributed by atoms with E-state index in [2.05, 4.69) is 5.32 Å². The molecule has 0 bridgehead atoms. The predicted octanol–water partition coefficient (Wildman–Crippen LogP) is 3.59. The van der Waals surface area contributed by atoms with E-state index in [0.717, 1.165) is 16.7 Å². The third-order valence-electron chi connectivity index (χ3n) is 4.01. The van der Waals surface area contributed by atoms with Gasteiger partial charge in [0.15, 0.2) is 13.2 Å². The first-order valence-electron chi connectivity index (χ1n) is 8.95. The van der Waals surface area contributed by atoms with Gasteiger partial charge in [-0.15, -0.1) is 0 Å². The molecule has 0 radical (unpaired) electrons. The lowest BCUT2D eigenvalue weighted by atomic mass is 10.1. The van der Waals surface area contributed by atoms with Crippen molar-refractivity contribution in [3.8, 4) is 16.9 Å². The molecule has 0 aliphatic rings. The van der Waals surface area contributed by atoms with Crippen LogP contribution in [-0.2, 0) is 20.9 Å². The minimum atomic E-state index is -0.595. The molecule has 0 aliphatic heterocycles. The summed E-state index contributed by atoms with van der Waals surface area (Å²) < 4.78 is 10.3. The summed E-state index contributed by atoms with van der Waals surface area (Å²) in [5.41, 5.74) is 3.14. The van der Waals surface area contributed by atoms with Crippen LogP contribution < -0.4 is 10.1 Å². The molecule has 0 saturated heterocycles. The first kappa shape index (κ1) is 19.2. The monoisotopic (exact) mass is 375 g/mol. The highest BCUT2D eigenvalue weighted by Gasteiger charge is 2.08. The van der Waals surface area contributed by atoms with Crippen molar-refractivity contribution in [3.05, 3.63) is 90.5 Å². The summed E-state index contributed by atoms with van der Waals surface area (Å²) in [7, 11) is 0. The summed E-state index contributed by atoms with van der Waals surface area (Å²) >= 11 is 0. The number of benzene rings is 3. The lowest BCUT2D eigenvalue weighted by molar-refractivity contribution is -0.150. The number of ether oxygens (including phenoxy) is 2. The Kier molecular flexibility index (Phi) is 6.79. The molecule has 28 heavy (non-hydrogen) atoms. The average molecular weight is 375 g/mol. The van der Waals surface area contributed by atoms with Crippen LogP contribution in [-0.4, -0.2) is 25.1 Å². The van der Waals surface area contributed by atoms with Gasteiger partial charge in [-0.3, -0.25) is 4.79 Å². The van der Waals surface area contributed by atoms with Crippen LogP contribution in [0.15, 0.2) is 84.9 Å². The fraction of sp³-hybridized carbons (Fsp3) is 0.130. The number of carbonyl (C=O) groups excluding carboxylic acids is 2. The SMILES string of the molecule is O=C(COC(=O)COc1ccc(-c2ccccc2)cc1)NCc1ccccc1. The van der Waals surface area contributed by atoms with Gasteiger partial charge in [-0.1, -0.05) is 72.8 Å². The molecule has 142 valence electrons. The molecule has 0 fully saturated rings. The zero-order chi connectivity index (χ0) is 19.6. The Morgan fingerprint density at radius 2 is 1.32 bits per heavy atom. The average Bonchev–Trinajstić information content (AvgIpc) is 2.76. The lowest BCUT2D eigenvalue weighted by Crippen LogP contribution is -2.29. The van der Waals surface area contributed by atoms with E-state index in [1.54, 1.807) is 12.1 Å². The zero-order valence-electron chi connectivity index (χ0n) is 15.3. The summed E-state index contributed by atoms with van der Waals surface area (Å²) in [5, 5.41) is 2.69. The normalized spacial score (nSPS) is 10.1. The molecule has 0 aliphatic carbocycles. The minimum absolute atomic E-state index is 0.253. The van der Waals surface area contributed by atoms with Gasteiger partial charge in [0.25, 0.3) is 5.91 Å². The van der Waals surface area contributed by atoms with E-state index in [9.17, 15) is 9.59 Å². The fourth-order valence-corrected chi connectivity index (χ4v) is 2.55. The summed E-state index contributed by atoms with van der Waals surface area (Å²) in [4.78, 5) is 23.5. The smallest absolute Gasteiger partial charge is 0.344 e. The van der Waals surface area contributed by atoms with Gasteiger partial charge in [-0.05, 0) is 28.8 Å². The van der Waals surface area contributed by atoms with Crippen LogP contribution in [0.1, 0.15) is 5.56 Å². The highest BCUT2D eigenvalue weighted by atomic mass is 16.6. The Hall–Kier alpha value is -3.60. The standard InChI is InChI=1S/C23H21NO4/c25-22(24-15-18-7-3-1-4-8-18)16-28-23(26)17-27-21-13-11-20(12-14-21)19-9-5-2-6-10-19/h1-14H,15-17H2,(H,24,25). The Balaban J connectivity index is 1.37. The van der Waals surface area contributed by atoms with Gasteiger partial charge in [0.05, 0.1) is 0 Å². The van der Waals surface area contributed by atoms with Crippen molar-refractivity contribution in [3.63, 3.8) is 0 Å². The van der Waals surface area contributed by atoms with Gasteiger partial charge >= 0.3 is 5.97 Å². The summed E-state index contributed by atoms with van der Waals surface area (Å²) in [6, 6.07) is 26.9. The number of amides is 1. The first-order valence-corrected chi connectivity index (χ1v) is 8.95. The van der Waals surface area contributed by atoms with E-state index in [-0.39, 0.29) is 19.1 Å². The zero-order valence-corrected chi connectivity index (χ0v) is 15.3. The van der Waals surface area contributed by atoms with Crippen molar-refractivity contribution >= 4 is 11.9 Å². The van der Waals surface area contributed by atoms with Crippen LogP contribution in [0.4, 0.5) is 0 Å². The van der Waals surface area contributed by atoms with E-state index in [1.165, 1.54) is 0 Å². The number of hydrogen-bond donors (Lipinski definition) is 1. The summed E-state index contributed by atoms with van der Waals surface area (Å²) in [5.74, 6) is -0.392. The third-order valence-corrected chi connectivity index (χ3v) is 4.01. The third kappa shape index (κ3) is 5.99. The molecule has 3 aromatic rings. The molecule has 0 spiro atoms. The predicted molar refractivity (Wildman–Crippen MR) is 107 cm³/mol. The van der Waals surface area contributed by atoms with Crippen LogP contribution in [0.3, 0.4) is 0 Å². The van der Waals surface area contributed by atoms with Crippen LogP contribution in [0, 0.1) is 0 Å². The maximum Gasteiger partial charge on any atom is 0.344 e. The summed E-state index contributed by atoms with van der Waals surface area (Å²) in [6.45, 7) is -0.194. The Bertz CT molecular complexity index is 893. The number of nitrogens with one attached hydrogen (secondary N) is 1. The van der Waals surface area contributed by atoms with E-state index in [0.29, 0.717) is 12.3 Å². The van der Waals surface area contributed by atoms with Crippen molar-refractivity contribution in [2.24, 2.45) is 0 Å². The maximum atomic E-state index is 11.8. The minimum Gasteiger partial charge on any atom is -0.482 e. The van der Waals surface area contributed by atoms with Gasteiger partial charge in [-0.25, -0.2) is 4.79 Å².